The molecule has 0 atom stereocenters. The summed E-state index contributed by atoms with van der Waals surface area (Å²) in [6, 6.07) is 7.36. The molecular weight excluding hydrogens is 378 g/mol. The zero-order chi connectivity index (χ0) is 19.7. The second-order valence-corrected chi connectivity index (χ2v) is 7.36. The Morgan fingerprint density at radius 1 is 1.25 bits per heavy atom. The molecule has 0 bridgehead atoms. The Labute approximate surface area is 167 Å². The van der Waals surface area contributed by atoms with Gasteiger partial charge >= 0.3 is 0 Å². The molecule has 0 spiro atoms. The van der Waals surface area contributed by atoms with E-state index >= 15 is 0 Å². The van der Waals surface area contributed by atoms with E-state index in [1.807, 2.05) is 25.1 Å². The Bertz CT molecular complexity index is 1000. The van der Waals surface area contributed by atoms with Gasteiger partial charge in [0.05, 0.1) is 10.7 Å². The van der Waals surface area contributed by atoms with E-state index in [1.54, 1.807) is 28.7 Å². The first-order chi connectivity index (χ1) is 13.5. The van der Waals surface area contributed by atoms with Crippen molar-refractivity contribution in [2.24, 2.45) is 7.05 Å². The second kappa shape index (κ2) is 7.73. The van der Waals surface area contributed by atoms with Crippen molar-refractivity contribution in [1.29, 1.82) is 0 Å². The lowest BCUT2D eigenvalue weighted by Crippen LogP contribution is -2.27. The van der Waals surface area contributed by atoms with Crippen molar-refractivity contribution in [2.45, 2.75) is 25.7 Å². The van der Waals surface area contributed by atoms with E-state index in [1.165, 1.54) is 0 Å². The van der Waals surface area contributed by atoms with Crippen molar-refractivity contribution in [1.82, 2.24) is 29.9 Å². The van der Waals surface area contributed by atoms with Crippen LogP contribution < -0.4 is 10.6 Å². The van der Waals surface area contributed by atoms with Gasteiger partial charge in [-0.2, -0.15) is 15.2 Å². The van der Waals surface area contributed by atoms with Crippen molar-refractivity contribution in [3.8, 4) is 5.69 Å². The molecular formula is C19H22ClN7O. The minimum atomic E-state index is -0.323. The summed E-state index contributed by atoms with van der Waals surface area (Å²) in [7, 11) is 1.78. The smallest absolute Gasteiger partial charge is 0.278 e. The van der Waals surface area contributed by atoms with Crippen molar-refractivity contribution < 1.29 is 4.79 Å². The van der Waals surface area contributed by atoms with Crippen LogP contribution in [0.25, 0.3) is 5.69 Å². The van der Waals surface area contributed by atoms with Crippen molar-refractivity contribution in [3.63, 3.8) is 0 Å². The number of para-hydroxylation sites is 1. The third-order valence-corrected chi connectivity index (χ3v) is 5.24. The molecule has 0 saturated carbocycles. The number of carbonyl (C=O) groups excluding carboxylic acids is 1. The summed E-state index contributed by atoms with van der Waals surface area (Å²) in [5, 5.41) is 15.6. The standard InChI is InChI=1S/C19H22ClN7O/c1-12-11-27(15-6-4-3-5-14(15)20)24-16(12)18(28)23-19-22-17(25-26(19)2)13-7-9-21-10-8-13/h3-6,11,13,21H,7-10H2,1-2H3,(H,22,23,25,28). The van der Waals surface area contributed by atoms with Crippen molar-refractivity contribution in [3.05, 3.63) is 52.6 Å². The van der Waals surface area contributed by atoms with Gasteiger partial charge in [0.25, 0.3) is 5.91 Å². The van der Waals surface area contributed by atoms with E-state index in [0.717, 1.165) is 43.0 Å². The normalized spacial score (nSPS) is 15.0. The zero-order valence-electron chi connectivity index (χ0n) is 15.8. The molecule has 2 aromatic heterocycles. The zero-order valence-corrected chi connectivity index (χ0v) is 16.6. The van der Waals surface area contributed by atoms with Gasteiger partial charge in [-0.05, 0) is 45.0 Å². The number of carbonyl (C=O) groups is 1. The van der Waals surface area contributed by atoms with Crippen LogP contribution in [-0.2, 0) is 7.05 Å². The number of halogens is 1. The van der Waals surface area contributed by atoms with Crippen LogP contribution in [0.5, 0.6) is 0 Å². The summed E-state index contributed by atoms with van der Waals surface area (Å²) in [5.74, 6) is 1.19. The predicted octanol–water partition coefficient (Wildman–Crippen LogP) is 2.68. The number of nitrogens with zero attached hydrogens (tertiary/aromatic N) is 5. The topological polar surface area (TPSA) is 89.7 Å². The number of benzene rings is 1. The monoisotopic (exact) mass is 399 g/mol. The number of anilines is 1. The largest absolute Gasteiger partial charge is 0.317 e. The Kier molecular flexibility index (Phi) is 5.15. The highest BCUT2D eigenvalue weighted by Crippen LogP contribution is 2.24. The molecule has 1 aliphatic heterocycles. The van der Waals surface area contributed by atoms with E-state index in [2.05, 4.69) is 25.8 Å². The fourth-order valence-corrected chi connectivity index (χ4v) is 3.59. The first kappa shape index (κ1) is 18.6. The Morgan fingerprint density at radius 3 is 2.75 bits per heavy atom. The van der Waals surface area contributed by atoms with Crippen LogP contribution in [0.4, 0.5) is 5.95 Å². The first-order valence-corrected chi connectivity index (χ1v) is 9.65. The number of aryl methyl sites for hydroxylation is 2. The fourth-order valence-electron chi connectivity index (χ4n) is 3.37. The predicted molar refractivity (Wildman–Crippen MR) is 107 cm³/mol. The minimum absolute atomic E-state index is 0.319. The molecule has 9 heteroatoms. The van der Waals surface area contributed by atoms with Crippen LogP contribution in [0.1, 0.15) is 40.6 Å². The number of hydrogen-bond donors (Lipinski definition) is 2. The third-order valence-electron chi connectivity index (χ3n) is 4.92. The molecule has 1 saturated heterocycles. The van der Waals surface area contributed by atoms with Gasteiger partial charge in [-0.15, -0.1) is 0 Å². The highest BCUT2D eigenvalue weighted by molar-refractivity contribution is 6.32. The first-order valence-electron chi connectivity index (χ1n) is 9.27. The number of amides is 1. The van der Waals surface area contributed by atoms with E-state index in [-0.39, 0.29) is 5.91 Å². The molecule has 1 amide bonds. The second-order valence-electron chi connectivity index (χ2n) is 6.95. The van der Waals surface area contributed by atoms with E-state index in [9.17, 15) is 4.79 Å². The van der Waals surface area contributed by atoms with Gasteiger partial charge in [-0.25, -0.2) is 9.36 Å². The van der Waals surface area contributed by atoms with Gasteiger partial charge in [-0.1, -0.05) is 23.7 Å². The molecule has 2 N–H and O–H groups in total. The molecule has 0 radical (unpaired) electrons. The number of nitrogens with one attached hydrogen (secondary N) is 2. The highest BCUT2D eigenvalue weighted by atomic mass is 35.5. The van der Waals surface area contributed by atoms with Crippen LogP contribution in [0, 0.1) is 6.92 Å². The molecule has 1 aliphatic rings. The molecule has 0 unspecified atom stereocenters. The Balaban J connectivity index is 1.54. The lowest BCUT2D eigenvalue weighted by molar-refractivity contribution is 0.102. The maximum Gasteiger partial charge on any atom is 0.278 e. The molecule has 1 aromatic carbocycles. The van der Waals surface area contributed by atoms with Gasteiger partial charge in [0.1, 0.15) is 0 Å². The van der Waals surface area contributed by atoms with Gasteiger partial charge in [0, 0.05) is 24.7 Å². The van der Waals surface area contributed by atoms with Crippen molar-refractivity contribution >= 4 is 23.5 Å². The number of piperidine rings is 1. The molecule has 8 nitrogen and oxygen atoms in total. The highest BCUT2D eigenvalue weighted by Gasteiger charge is 2.23. The number of rotatable bonds is 4. The van der Waals surface area contributed by atoms with Crippen molar-refractivity contribution in [2.75, 3.05) is 18.4 Å². The van der Waals surface area contributed by atoms with E-state index in [4.69, 9.17) is 11.6 Å². The maximum atomic E-state index is 12.8. The van der Waals surface area contributed by atoms with Crippen LogP contribution in [0.2, 0.25) is 5.02 Å². The van der Waals surface area contributed by atoms with Crippen LogP contribution in [0.3, 0.4) is 0 Å². The van der Waals surface area contributed by atoms with Gasteiger partial charge < -0.3 is 5.32 Å². The lowest BCUT2D eigenvalue weighted by Gasteiger charge is -2.19. The molecule has 3 aromatic rings. The van der Waals surface area contributed by atoms with E-state index < -0.39 is 0 Å². The number of aromatic nitrogens is 5. The minimum Gasteiger partial charge on any atom is -0.317 e. The SMILES string of the molecule is Cc1cn(-c2ccccc2Cl)nc1C(=O)Nc1nc(C2CCNCC2)nn1C. The van der Waals surface area contributed by atoms with E-state index in [0.29, 0.717) is 22.6 Å². The lowest BCUT2D eigenvalue weighted by atomic mass is 9.98. The van der Waals surface area contributed by atoms with Crippen LogP contribution >= 0.6 is 11.6 Å². The van der Waals surface area contributed by atoms with Crippen LogP contribution in [-0.4, -0.2) is 43.5 Å². The molecule has 3 heterocycles. The summed E-state index contributed by atoms with van der Waals surface area (Å²) in [4.78, 5) is 17.3. The molecule has 0 aliphatic carbocycles. The van der Waals surface area contributed by atoms with Gasteiger partial charge in [0.15, 0.2) is 11.5 Å². The summed E-state index contributed by atoms with van der Waals surface area (Å²) < 4.78 is 3.22. The summed E-state index contributed by atoms with van der Waals surface area (Å²) in [6.07, 6.45) is 3.78. The molecule has 1 fully saturated rings. The average Bonchev–Trinajstić information content (AvgIpc) is 3.26. The Hall–Kier alpha value is -2.71. The maximum absolute atomic E-state index is 12.8. The molecule has 146 valence electrons. The third kappa shape index (κ3) is 3.65. The quantitative estimate of drug-likeness (QED) is 0.704. The average molecular weight is 400 g/mol. The summed E-state index contributed by atoms with van der Waals surface area (Å²) >= 11 is 6.24. The van der Waals surface area contributed by atoms with Gasteiger partial charge in [-0.3, -0.25) is 10.1 Å². The van der Waals surface area contributed by atoms with Gasteiger partial charge in [0.2, 0.25) is 5.95 Å². The summed E-state index contributed by atoms with van der Waals surface area (Å²) in [6.45, 7) is 3.76. The van der Waals surface area contributed by atoms with Crippen LogP contribution in [0.15, 0.2) is 30.5 Å². The number of hydrogen-bond acceptors (Lipinski definition) is 5. The summed E-state index contributed by atoms with van der Waals surface area (Å²) in [5.41, 5.74) is 1.79. The molecule has 28 heavy (non-hydrogen) atoms. The fraction of sp³-hybridized carbons (Fsp3) is 0.368. The molecule has 4 rings (SSSR count). The Morgan fingerprint density at radius 2 is 2.00 bits per heavy atom.